The molecule has 0 spiro atoms. The summed E-state index contributed by atoms with van der Waals surface area (Å²) in [7, 11) is 1.33. The van der Waals surface area contributed by atoms with Crippen LogP contribution in [0.15, 0.2) is 30.3 Å². The van der Waals surface area contributed by atoms with Crippen molar-refractivity contribution in [1.82, 2.24) is 15.5 Å². The molecule has 0 radical (unpaired) electrons. The molecule has 1 aromatic rings. The Labute approximate surface area is 146 Å². The summed E-state index contributed by atoms with van der Waals surface area (Å²) in [6, 6.07) is 9.44. The van der Waals surface area contributed by atoms with E-state index in [1.807, 2.05) is 30.3 Å². The smallest absolute Gasteiger partial charge is 0.332 e. The quantitative estimate of drug-likeness (QED) is 0.588. The van der Waals surface area contributed by atoms with E-state index in [1.54, 1.807) is 0 Å². The van der Waals surface area contributed by atoms with Crippen LogP contribution in [0.2, 0.25) is 0 Å². The maximum atomic E-state index is 12.5. The first-order valence-electron chi connectivity index (χ1n) is 8.48. The van der Waals surface area contributed by atoms with E-state index in [2.05, 4.69) is 15.5 Å². The zero-order valence-corrected chi connectivity index (χ0v) is 14.3. The Balaban J connectivity index is 1.71. The lowest BCUT2D eigenvalue weighted by Crippen LogP contribution is -2.68. The average Bonchev–Trinajstić information content (AvgIpc) is 2.59. The fourth-order valence-corrected chi connectivity index (χ4v) is 3.48. The van der Waals surface area contributed by atoms with Gasteiger partial charge in [0.05, 0.1) is 13.5 Å². The predicted octanol–water partition coefficient (Wildman–Crippen LogP) is 0.199. The second kappa shape index (κ2) is 7.23. The number of methoxy groups -OCH3 is 1. The third kappa shape index (κ3) is 3.82. The van der Waals surface area contributed by atoms with Crippen LogP contribution in [-0.4, -0.2) is 54.5 Å². The number of likely N-dealkylation sites (tertiary alicyclic amines) is 1. The third-order valence-electron chi connectivity index (χ3n) is 4.80. The second-order valence-corrected chi connectivity index (χ2v) is 6.69. The van der Waals surface area contributed by atoms with Crippen LogP contribution in [0, 0.1) is 0 Å². The Kier molecular flexibility index (Phi) is 5.03. The number of hydrogen-bond acceptors (Lipinski definition) is 5. The van der Waals surface area contributed by atoms with E-state index >= 15 is 0 Å². The lowest BCUT2D eigenvalue weighted by atomic mass is 9.87. The highest BCUT2D eigenvalue weighted by Gasteiger charge is 2.46. The van der Waals surface area contributed by atoms with Crippen molar-refractivity contribution in [3.63, 3.8) is 0 Å². The van der Waals surface area contributed by atoms with Crippen LogP contribution in [0.1, 0.15) is 24.8 Å². The lowest BCUT2D eigenvalue weighted by molar-refractivity contribution is -0.155. The summed E-state index contributed by atoms with van der Waals surface area (Å²) < 4.78 is 4.98. The molecule has 0 aromatic heterocycles. The number of amides is 2. The Morgan fingerprint density at radius 2 is 2.08 bits per heavy atom. The standard InChI is InChI=1S/C18H23N3O4/c1-25-17(24)18(20-16(23)14-10-15(22)19-14)8-5-9-21(12-18)11-13-6-3-2-4-7-13/h2-4,6-7,14H,5,8-12H2,1H3,(H,19,22)(H,20,23). The highest BCUT2D eigenvalue weighted by molar-refractivity contribution is 5.99. The maximum Gasteiger partial charge on any atom is 0.332 e. The van der Waals surface area contributed by atoms with Crippen molar-refractivity contribution >= 4 is 17.8 Å². The Bertz CT molecular complexity index is 656. The van der Waals surface area contributed by atoms with E-state index in [1.165, 1.54) is 7.11 Å². The zero-order valence-electron chi connectivity index (χ0n) is 14.3. The first-order valence-corrected chi connectivity index (χ1v) is 8.48. The van der Waals surface area contributed by atoms with Crippen molar-refractivity contribution in [3.8, 4) is 0 Å². The SMILES string of the molecule is COC(=O)C1(NC(=O)C2CC(=O)N2)CCCN(Cc2ccccc2)C1. The number of carbonyl (C=O) groups excluding carboxylic acids is 3. The van der Waals surface area contributed by atoms with Crippen molar-refractivity contribution < 1.29 is 19.1 Å². The van der Waals surface area contributed by atoms with Gasteiger partial charge in [0.1, 0.15) is 6.04 Å². The van der Waals surface area contributed by atoms with Gasteiger partial charge >= 0.3 is 5.97 Å². The van der Waals surface area contributed by atoms with E-state index in [0.717, 1.165) is 18.5 Å². The van der Waals surface area contributed by atoms with Gasteiger partial charge in [-0.3, -0.25) is 14.5 Å². The minimum Gasteiger partial charge on any atom is -0.467 e. The molecule has 134 valence electrons. The molecule has 7 heteroatoms. The minimum absolute atomic E-state index is 0.151. The van der Waals surface area contributed by atoms with Crippen LogP contribution in [0.5, 0.6) is 0 Å². The van der Waals surface area contributed by atoms with Crippen molar-refractivity contribution in [2.75, 3.05) is 20.2 Å². The fraction of sp³-hybridized carbons (Fsp3) is 0.500. The molecule has 2 aliphatic heterocycles. The number of nitrogens with one attached hydrogen (secondary N) is 2. The molecule has 3 rings (SSSR count). The monoisotopic (exact) mass is 345 g/mol. The van der Waals surface area contributed by atoms with Crippen molar-refractivity contribution in [2.24, 2.45) is 0 Å². The van der Waals surface area contributed by atoms with E-state index in [0.29, 0.717) is 19.5 Å². The van der Waals surface area contributed by atoms with Gasteiger partial charge in [-0.2, -0.15) is 0 Å². The van der Waals surface area contributed by atoms with Gasteiger partial charge in [0.2, 0.25) is 11.8 Å². The molecule has 25 heavy (non-hydrogen) atoms. The largest absolute Gasteiger partial charge is 0.467 e. The van der Waals surface area contributed by atoms with Crippen molar-refractivity contribution in [3.05, 3.63) is 35.9 Å². The highest BCUT2D eigenvalue weighted by Crippen LogP contribution is 2.25. The summed E-state index contributed by atoms with van der Waals surface area (Å²) in [5.41, 5.74) is 0.0832. The number of ether oxygens (including phenoxy) is 1. The summed E-state index contributed by atoms with van der Waals surface area (Å²) >= 11 is 0. The van der Waals surface area contributed by atoms with Crippen LogP contribution < -0.4 is 10.6 Å². The van der Waals surface area contributed by atoms with Crippen LogP contribution in [0.3, 0.4) is 0 Å². The molecule has 2 atom stereocenters. The highest BCUT2D eigenvalue weighted by atomic mass is 16.5. The molecule has 2 aliphatic rings. The molecule has 0 aliphatic carbocycles. The topological polar surface area (TPSA) is 87.7 Å². The number of carbonyl (C=O) groups is 3. The normalized spacial score (nSPS) is 26.3. The van der Waals surface area contributed by atoms with Crippen LogP contribution in [-0.2, 0) is 25.7 Å². The molecule has 2 saturated heterocycles. The Morgan fingerprint density at radius 3 is 2.72 bits per heavy atom. The Morgan fingerprint density at radius 1 is 1.36 bits per heavy atom. The van der Waals surface area contributed by atoms with Gasteiger partial charge in [-0.05, 0) is 24.9 Å². The van der Waals surface area contributed by atoms with E-state index in [9.17, 15) is 14.4 Å². The zero-order chi connectivity index (χ0) is 17.9. The van der Waals surface area contributed by atoms with Crippen LogP contribution >= 0.6 is 0 Å². The van der Waals surface area contributed by atoms with Crippen LogP contribution in [0.25, 0.3) is 0 Å². The number of esters is 1. The predicted molar refractivity (Wildman–Crippen MR) is 90.4 cm³/mol. The lowest BCUT2D eigenvalue weighted by Gasteiger charge is -2.42. The molecule has 2 amide bonds. The van der Waals surface area contributed by atoms with Crippen LogP contribution in [0.4, 0.5) is 0 Å². The number of rotatable bonds is 5. The van der Waals surface area contributed by atoms with Gasteiger partial charge in [-0.25, -0.2) is 4.79 Å². The molecule has 2 heterocycles. The van der Waals surface area contributed by atoms with Gasteiger partial charge in [0, 0.05) is 13.1 Å². The maximum absolute atomic E-state index is 12.5. The molecule has 2 fully saturated rings. The Hall–Kier alpha value is -2.41. The molecule has 2 unspecified atom stereocenters. The number of benzene rings is 1. The van der Waals surface area contributed by atoms with Gasteiger partial charge < -0.3 is 15.4 Å². The van der Waals surface area contributed by atoms with Gasteiger partial charge in [0.25, 0.3) is 0 Å². The summed E-state index contributed by atoms with van der Waals surface area (Å²) in [5, 5.41) is 5.39. The fourth-order valence-electron chi connectivity index (χ4n) is 3.48. The van der Waals surface area contributed by atoms with E-state index in [4.69, 9.17) is 4.74 Å². The first kappa shape index (κ1) is 17.4. The third-order valence-corrected chi connectivity index (χ3v) is 4.80. The number of hydrogen-bond donors (Lipinski definition) is 2. The van der Waals surface area contributed by atoms with Gasteiger partial charge in [0.15, 0.2) is 5.54 Å². The second-order valence-electron chi connectivity index (χ2n) is 6.69. The summed E-state index contributed by atoms with van der Waals surface area (Å²) in [6.45, 7) is 1.94. The van der Waals surface area contributed by atoms with E-state index in [-0.39, 0.29) is 18.2 Å². The molecular weight excluding hydrogens is 322 g/mol. The van der Waals surface area contributed by atoms with Gasteiger partial charge in [-0.15, -0.1) is 0 Å². The number of nitrogens with zero attached hydrogens (tertiary/aromatic N) is 1. The minimum atomic E-state index is -1.07. The van der Waals surface area contributed by atoms with Crippen molar-refractivity contribution in [2.45, 2.75) is 37.4 Å². The van der Waals surface area contributed by atoms with Gasteiger partial charge in [-0.1, -0.05) is 30.3 Å². The average molecular weight is 345 g/mol. The number of piperidine rings is 1. The number of β-lactam (4-membered cyclic amide) rings is 1. The van der Waals surface area contributed by atoms with E-state index < -0.39 is 17.6 Å². The molecule has 7 nitrogen and oxygen atoms in total. The molecule has 2 N–H and O–H groups in total. The molecule has 1 aromatic carbocycles. The summed E-state index contributed by atoms with van der Waals surface area (Å²) in [5.74, 6) is -0.919. The summed E-state index contributed by atoms with van der Waals surface area (Å²) in [6.07, 6.45) is 1.47. The van der Waals surface area contributed by atoms with Crippen molar-refractivity contribution in [1.29, 1.82) is 0 Å². The molecule has 0 saturated carbocycles. The first-order chi connectivity index (χ1) is 12.0. The summed E-state index contributed by atoms with van der Waals surface area (Å²) in [4.78, 5) is 38.0. The molecular formula is C18H23N3O4. The molecule has 0 bridgehead atoms.